The molecule has 1 aliphatic heterocycles. The zero-order valence-corrected chi connectivity index (χ0v) is 11.5. The highest BCUT2D eigenvalue weighted by molar-refractivity contribution is 5.92. The number of hydrogen-bond acceptors (Lipinski definition) is 3. The molecule has 0 aromatic carbocycles. The van der Waals surface area contributed by atoms with Crippen LogP contribution in [0.1, 0.15) is 41.9 Å². The van der Waals surface area contributed by atoms with Crippen molar-refractivity contribution in [3.63, 3.8) is 0 Å². The highest BCUT2D eigenvalue weighted by atomic mass is 16.2. The lowest BCUT2D eigenvalue weighted by molar-refractivity contribution is 0.0695. The third-order valence-corrected chi connectivity index (χ3v) is 4.09. The number of aromatic amines is 1. The van der Waals surface area contributed by atoms with E-state index in [1.807, 2.05) is 13.0 Å². The number of nitrogens with zero attached hydrogens (tertiary/aromatic N) is 2. The maximum absolute atomic E-state index is 12.5. The van der Waals surface area contributed by atoms with Crippen LogP contribution in [0, 0.1) is 12.8 Å². The Kier molecular flexibility index (Phi) is 3.55. The molecule has 1 aromatic heterocycles. The van der Waals surface area contributed by atoms with Crippen molar-refractivity contribution in [1.82, 2.24) is 20.4 Å². The first-order chi connectivity index (χ1) is 9.24. The van der Waals surface area contributed by atoms with Crippen molar-refractivity contribution in [3.05, 3.63) is 17.5 Å². The molecule has 1 saturated carbocycles. The highest BCUT2D eigenvalue weighted by Gasteiger charge is 2.35. The van der Waals surface area contributed by atoms with Crippen LogP contribution in [0.5, 0.6) is 0 Å². The first-order valence-corrected chi connectivity index (χ1v) is 7.28. The van der Waals surface area contributed by atoms with Crippen LogP contribution in [0.15, 0.2) is 6.07 Å². The summed E-state index contributed by atoms with van der Waals surface area (Å²) in [7, 11) is 0. The zero-order chi connectivity index (χ0) is 13.2. The second-order valence-electron chi connectivity index (χ2n) is 5.82. The average molecular weight is 262 g/mol. The Balaban J connectivity index is 1.68. The average Bonchev–Trinajstić information content (AvgIpc) is 3.18. The van der Waals surface area contributed by atoms with Crippen LogP contribution < -0.4 is 5.32 Å². The van der Waals surface area contributed by atoms with E-state index in [4.69, 9.17) is 0 Å². The first kappa shape index (κ1) is 12.7. The van der Waals surface area contributed by atoms with Gasteiger partial charge >= 0.3 is 0 Å². The van der Waals surface area contributed by atoms with Gasteiger partial charge in [-0.25, -0.2) is 0 Å². The van der Waals surface area contributed by atoms with Crippen molar-refractivity contribution < 1.29 is 4.79 Å². The Labute approximate surface area is 113 Å². The van der Waals surface area contributed by atoms with Crippen molar-refractivity contribution in [2.75, 3.05) is 19.6 Å². The summed E-state index contributed by atoms with van der Waals surface area (Å²) >= 11 is 0. The van der Waals surface area contributed by atoms with Gasteiger partial charge in [0.25, 0.3) is 5.91 Å². The lowest BCUT2D eigenvalue weighted by Gasteiger charge is -2.29. The smallest absolute Gasteiger partial charge is 0.274 e. The minimum Gasteiger partial charge on any atom is -0.334 e. The van der Waals surface area contributed by atoms with Gasteiger partial charge in [0, 0.05) is 18.3 Å². The summed E-state index contributed by atoms with van der Waals surface area (Å²) < 4.78 is 0. The Hall–Kier alpha value is -1.36. The maximum Gasteiger partial charge on any atom is 0.274 e. The highest BCUT2D eigenvalue weighted by Crippen LogP contribution is 2.30. The summed E-state index contributed by atoms with van der Waals surface area (Å²) in [6, 6.07) is 2.31. The quantitative estimate of drug-likeness (QED) is 0.860. The van der Waals surface area contributed by atoms with Crippen molar-refractivity contribution in [2.45, 2.75) is 38.6 Å². The van der Waals surface area contributed by atoms with Crippen LogP contribution in [0.3, 0.4) is 0 Å². The number of amides is 1. The molecular formula is C14H22N4O. The number of aryl methyl sites for hydroxylation is 1. The number of carbonyl (C=O) groups is 1. The standard InChI is InChI=1S/C14H22N4O/c1-10-8-13(17-16-10)14(19)18(12-2-3-12)9-11-4-6-15-7-5-11/h8,11-12,15H,2-7,9H2,1H3,(H,16,17). The van der Waals surface area contributed by atoms with Crippen molar-refractivity contribution in [1.29, 1.82) is 0 Å². The summed E-state index contributed by atoms with van der Waals surface area (Å²) in [5.41, 5.74) is 1.51. The van der Waals surface area contributed by atoms with Gasteiger partial charge in [-0.05, 0) is 57.7 Å². The summed E-state index contributed by atoms with van der Waals surface area (Å²) in [4.78, 5) is 14.6. The van der Waals surface area contributed by atoms with Gasteiger partial charge in [0.15, 0.2) is 0 Å². The molecule has 0 atom stereocenters. The normalized spacial score (nSPS) is 20.5. The molecule has 2 N–H and O–H groups in total. The van der Waals surface area contributed by atoms with E-state index in [-0.39, 0.29) is 5.91 Å². The van der Waals surface area contributed by atoms with Gasteiger partial charge in [0.05, 0.1) is 0 Å². The monoisotopic (exact) mass is 262 g/mol. The Morgan fingerprint density at radius 2 is 2.11 bits per heavy atom. The van der Waals surface area contributed by atoms with Crippen LogP contribution in [0.25, 0.3) is 0 Å². The van der Waals surface area contributed by atoms with Gasteiger partial charge in [0.1, 0.15) is 5.69 Å². The van der Waals surface area contributed by atoms with Crippen molar-refractivity contribution >= 4 is 5.91 Å². The van der Waals surface area contributed by atoms with E-state index in [1.165, 1.54) is 12.8 Å². The number of piperidine rings is 1. The molecule has 19 heavy (non-hydrogen) atoms. The summed E-state index contributed by atoms with van der Waals surface area (Å²) in [6.45, 7) is 4.99. The molecule has 0 radical (unpaired) electrons. The number of H-pyrrole nitrogens is 1. The van der Waals surface area contributed by atoms with Crippen LogP contribution in [0.2, 0.25) is 0 Å². The van der Waals surface area contributed by atoms with Crippen molar-refractivity contribution in [2.24, 2.45) is 5.92 Å². The van der Waals surface area contributed by atoms with Crippen LogP contribution >= 0.6 is 0 Å². The van der Waals surface area contributed by atoms with Gasteiger partial charge in [-0.15, -0.1) is 0 Å². The fraction of sp³-hybridized carbons (Fsp3) is 0.714. The molecule has 0 bridgehead atoms. The minimum absolute atomic E-state index is 0.102. The number of carbonyl (C=O) groups excluding carboxylic acids is 1. The van der Waals surface area contributed by atoms with Crippen LogP contribution in [-0.4, -0.2) is 46.7 Å². The molecule has 0 unspecified atom stereocenters. The molecule has 5 heteroatoms. The number of hydrogen-bond donors (Lipinski definition) is 2. The van der Waals surface area contributed by atoms with Gasteiger partial charge in [-0.3, -0.25) is 9.89 Å². The van der Waals surface area contributed by atoms with E-state index in [1.54, 1.807) is 0 Å². The van der Waals surface area contributed by atoms with Gasteiger partial charge < -0.3 is 10.2 Å². The molecule has 1 aliphatic carbocycles. The summed E-state index contributed by atoms with van der Waals surface area (Å²) in [6.07, 6.45) is 4.66. The second kappa shape index (κ2) is 5.33. The number of rotatable bonds is 4. The lowest BCUT2D eigenvalue weighted by atomic mass is 9.97. The molecule has 1 aromatic rings. The molecule has 5 nitrogen and oxygen atoms in total. The SMILES string of the molecule is Cc1cc(C(=O)N(CC2CCNCC2)C2CC2)n[nH]1. The third-order valence-electron chi connectivity index (χ3n) is 4.09. The predicted molar refractivity (Wildman–Crippen MR) is 73.0 cm³/mol. The van der Waals surface area contributed by atoms with E-state index < -0.39 is 0 Å². The van der Waals surface area contributed by atoms with Crippen molar-refractivity contribution in [3.8, 4) is 0 Å². The second-order valence-corrected chi connectivity index (χ2v) is 5.82. The molecule has 1 saturated heterocycles. The fourth-order valence-corrected chi connectivity index (χ4v) is 2.80. The Bertz CT molecular complexity index is 446. The first-order valence-electron chi connectivity index (χ1n) is 7.28. The van der Waals surface area contributed by atoms with Crippen LogP contribution in [-0.2, 0) is 0 Å². The van der Waals surface area contributed by atoms with Gasteiger partial charge in [-0.1, -0.05) is 0 Å². The largest absolute Gasteiger partial charge is 0.334 e. The molecule has 3 rings (SSSR count). The number of nitrogens with one attached hydrogen (secondary N) is 2. The van der Waals surface area contributed by atoms with Crippen LogP contribution in [0.4, 0.5) is 0 Å². The van der Waals surface area contributed by atoms with E-state index in [9.17, 15) is 4.79 Å². The zero-order valence-electron chi connectivity index (χ0n) is 11.5. The predicted octanol–water partition coefficient (Wildman–Crippen LogP) is 1.32. The maximum atomic E-state index is 12.5. The van der Waals surface area contributed by atoms with E-state index >= 15 is 0 Å². The van der Waals surface area contributed by atoms with Gasteiger partial charge in [0.2, 0.25) is 0 Å². The molecule has 2 aliphatic rings. The minimum atomic E-state index is 0.102. The molecule has 2 heterocycles. The topological polar surface area (TPSA) is 61.0 Å². The Morgan fingerprint density at radius 3 is 2.68 bits per heavy atom. The third kappa shape index (κ3) is 2.97. The summed E-state index contributed by atoms with van der Waals surface area (Å²) in [5, 5.41) is 10.3. The molecule has 104 valence electrons. The summed E-state index contributed by atoms with van der Waals surface area (Å²) in [5.74, 6) is 0.747. The molecule has 2 fully saturated rings. The lowest BCUT2D eigenvalue weighted by Crippen LogP contribution is -2.40. The number of aromatic nitrogens is 2. The fourth-order valence-electron chi connectivity index (χ4n) is 2.80. The Morgan fingerprint density at radius 1 is 1.37 bits per heavy atom. The van der Waals surface area contributed by atoms with E-state index in [2.05, 4.69) is 20.4 Å². The van der Waals surface area contributed by atoms with Gasteiger partial charge in [-0.2, -0.15) is 5.10 Å². The van der Waals surface area contributed by atoms with E-state index in [0.29, 0.717) is 17.7 Å². The molecule has 0 spiro atoms. The van der Waals surface area contributed by atoms with E-state index in [0.717, 1.165) is 38.2 Å². The molecule has 1 amide bonds. The molecular weight excluding hydrogens is 240 g/mol.